The quantitative estimate of drug-likeness (QED) is 0.375. The van der Waals surface area contributed by atoms with Crippen molar-refractivity contribution in [3.63, 3.8) is 0 Å². The van der Waals surface area contributed by atoms with Gasteiger partial charge in [0.25, 0.3) is 0 Å². The number of rotatable bonds is 5. The molecule has 1 aromatic heterocycles. The second-order valence-corrected chi connectivity index (χ2v) is 6.24. The largest absolute Gasteiger partial charge is 0.483 e. The number of nitrogens with zero attached hydrogens (tertiary/aromatic N) is 2. The van der Waals surface area contributed by atoms with Crippen LogP contribution in [0.3, 0.4) is 0 Å². The Morgan fingerprint density at radius 3 is 2.14 bits per heavy atom. The van der Waals surface area contributed by atoms with E-state index in [0.717, 1.165) is 22.4 Å². The highest BCUT2D eigenvalue weighted by Gasteiger charge is 2.13. The molecule has 0 aliphatic carbocycles. The summed E-state index contributed by atoms with van der Waals surface area (Å²) in [5.41, 5.74) is 3.69. The molecule has 0 saturated carbocycles. The van der Waals surface area contributed by atoms with Crippen LogP contribution in [0.2, 0.25) is 0 Å². The van der Waals surface area contributed by atoms with E-state index in [1.165, 1.54) is 0 Å². The van der Waals surface area contributed by atoms with Gasteiger partial charge in [-0.15, -0.1) is 0 Å². The number of aromatic nitrogens is 2. The number of fused-ring (bicyclic) bond motifs is 1. The van der Waals surface area contributed by atoms with Crippen molar-refractivity contribution in [2.24, 2.45) is 0 Å². The van der Waals surface area contributed by atoms with Gasteiger partial charge in [-0.1, -0.05) is 42.5 Å². The van der Waals surface area contributed by atoms with Crippen LogP contribution in [0, 0.1) is 6.92 Å². The zero-order chi connectivity index (χ0) is 19.3. The van der Waals surface area contributed by atoms with Gasteiger partial charge in [-0.3, -0.25) is 0 Å². The van der Waals surface area contributed by atoms with Gasteiger partial charge >= 0.3 is 5.97 Å². The topological polar surface area (TPSA) is 61.3 Å². The lowest BCUT2D eigenvalue weighted by molar-refractivity contribution is 0.0727. The zero-order valence-electron chi connectivity index (χ0n) is 15.3. The van der Waals surface area contributed by atoms with Gasteiger partial charge in [0.15, 0.2) is 11.5 Å². The third-order valence-corrected chi connectivity index (χ3v) is 4.27. The first-order valence-corrected chi connectivity index (χ1v) is 8.92. The summed E-state index contributed by atoms with van der Waals surface area (Å²) in [6.45, 7) is 2.13. The Morgan fingerprint density at radius 1 is 0.786 bits per heavy atom. The molecule has 3 aromatic carbocycles. The maximum absolute atomic E-state index is 12.3. The average Bonchev–Trinajstić information content (AvgIpc) is 2.73. The molecule has 4 aromatic rings. The van der Waals surface area contributed by atoms with Crippen LogP contribution < -0.4 is 9.47 Å². The number of hydrogen-bond donors (Lipinski definition) is 0. The molecular weight excluding hydrogens is 352 g/mol. The minimum Gasteiger partial charge on any atom is -0.483 e. The molecule has 0 amide bonds. The summed E-state index contributed by atoms with van der Waals surface area (Å²) in [4.78, 5) is 21.5. The van der Waals surface area contributed by atoms with E-state index in [1.807, 2.05) is 43.3 Å². The molecule has 0 bridgehead atoms. The summed E-state index contributed by atoms with van der Waals surface area (Å²) in [6, 6.07) is 23.6. The van der Waals surface area contributed by atoms with Crippen LogP contribution >= 0.6 is 0 Å². The van der Waals surface area contributed by atoms with Crippen LogP contribution in [0.4, 0.5) is 0 Å². The number of hydrogen-bond acceptors (Lipinski definition) is 5. The monoisotopic (exact) mass is 370 g/mol. The van der Waals surface area contributed by atoms with Gasteiger partial charge in [0.1, 0.15) is 6.61 Å². The summed E-state index contributed by atoms with van der Waals surface area (Å²) in [5.74, 6) is 0.405. The molecule has 28 heavy (non-hydrogen) atoms. The molecule has 0 N–H and O–H groups in total. The zero-order valence-corrected chi connectivity index (χ0v) is 15.3. The van der Waals surface area contributed by atoms with E-state index in [0.29, 0.717) is 17.1 Å². The summed E-state index contributed by atoms with van der Waals surface area (Å²) >= 11 is 0. The Balaban J connectivity index is 1.53. The summed E-state index contributed by atoms with van der Waals surface area (Å²) < 4.78 is 11.4. The van der Waals surface area contributed by atoms with Gasteiger partial charge < -0.3 is 9.47 Å². The number of esters is 1. The van der Waals surface area contributed by atoms with Crippen molar-refractivity contribution in [1.82, 2.24) is 9.97 Å². The Kier molecular flexibility index (Phi) is 4.97. The molecule has 5 nitrogen and oxygen atoms in total. The normalized spacial score (nSPS) is 10.6. The van der Waals surface area contributed by atoms with Gasteiger partial charge in [0.05, 0.1) is 28.0 Å². The lowest BCUT2D eigenvalue weighted by Gasteiger charge is -2.12. The lowest BCUT2D eigenvalue weighted by atomic mass is 10.2. The third kappa shape index (κ3) is 3.83. The third-order valence-electron chi connectivity index (χ3n) is 4.27. The molecule has 0 saturated heterocycles. The summed E-state index contributed by atoms with van der Waals surface area (Å²) in [5, 5.41) is 0. The molecule has 0 radical (unpaired) electrons. The number of aryl methyl sites for hydroxylation is 1. The van der Waals surface area contributed by atoms with E-state index in [4.69, 9.17) is 9.47 Å². The maximum atomic E-state index is 12.3. The van der Waals surface area contributed by atoms with Crippen molar-refractivity contribution in [2.45, 2.75) is 13.5 Å². The number of ether oxygens (including phenoxy) is 2. The highest BCUT2D eigenvalue weighted by molar-refractivity contribution is 5.91. The lowest BCUT2D eigenvalue weighted by Crippen LogP contribution is -2.10. The fraction of sp³-hybridized carbons (Fsp3) is 0.0870. The molecule has 0 aliphatic heterocycles. The molecule has 0 atom stereocenters. The van der Waals surface area contributed by atoms with Gasteiger partial charge in [-0.05, 0) is 43.3 Å². The first-order valence-electron chi connectivity index (χ1n) is 8.92. The van der Waals surface area contributed by atoms with Crippen molar-refractivity contribution < 1.29 is 14.3 Å². The average molecular weight is 370 g/mol. The van der Waals surface area contributed by atoms with Crippen LogP contribution in [-0.4, -0.2) is 15.9 Å². The first-order chi connectivity index (χ1) is 13.7. The molecule has 1 heterocycles. The molecule has 0 aliphatic rings. The van der Waals surface area contributed by atoms with Gasteiger partial charge in [0, 0.05) is 0 Å². The highest BCUT2D eigenvalue weighted by Crippen LogP contribution is 2.28. The van der Waals surface area contributed by atoms with Crippen molar-refractivity contribution in [3.8, 4) is 11.5 Å². The Morgan fingerprint density at radius 2 is 1.39 bits per heavy atom. The molecular formula is C23H18N2O3. The van der Waals surface area contributed by atoms with Gasteiger partial charge in [-0.25, -0.2) is 14.8 Å². The van der Waals surface area contributed by atoms with E-state index < -0.39 is 5.97 Å². The molecule has 0 fully saturated rings. The molecule has 138 valence electrons. The Hall–Kier alpha value is -3.73. The minimum atomic E-state index is -0.432. The van der Waals surface area contributed by atoms with Crippen LogP contribution in [0.5, 0.6) is 11.5 Å². The minimum absolute atomic E-state index is 0.226. The van der Waals surface area contributed by atoms with Gasteiger partial charge in [-0.2, -0.15) is 0 Å². The predicted octanol–water partition coefficient (Wildman–Crippen LogP) is 4.74. The Labute approximate surface area is 162 Å². The number of carbonyl (C=O) groups is 1. The van der Waals surface area contributed by atoms with Crippen molar-refractivity contribution >= 4 is 17.0 Å². The molecule has 4 rings (SSSR count). The standard InChI is InChI=1S/C23H18N2O3/c1-16-20(25-19-12-6-5-11-18(19)24-16)15-27-21-13-7-8-14-22(21)28-23(26)17-9-3-2-4-10-17/h2-14H,15H2,1H3. The van der Waals surface area contributed by atoms with Crippen molar-refractivity contribution in [2.75, 3.05) is 0 Å². The van der Waals surface area contributed by atoms with Crippen LogP contribution in [0.1, 0.15) is 21.7 Å². The molecule has 0 unspecified atom stereocenters. The number of para-hydroxylation sites is 4. The second kappa shape index (κ2) is 7.88. The van der Waals surface area contributed by atoms with E-state index in [2.05, 4.69) is 9.97 Å². The van der Waals surface area contributed by atoms with Crippen molar-refractivity contribution in [1.29, 1.82) is 0 Å². The summed E-state index contributed by atoms with van der Waals surface area (Å²) in [7, 11) is 0. The molecule has 5 heteroatoms. The van der Waals surface area contributed by atoms with Crippen LogP contribution in [0.25, 0.3) is 11.0 Å². The van der Waals surface area contributed by atoms with E-state index >= 15 is 0 Å². The summed E-state index contributed by atoms with van der Waals surface area (Å²) in [6.07, 6.45) is 0. The van der Waals surface area contributed by atoms with Crippen molar-refractivity contribution in [3.05, 3.63) is 95.8 Å². The molecule has 0 spiro atoms. The Bertz CT molecular complexity index is 1130. The highest BCUT2D eigenvalue weighted by atomic mass is 16.6. The first kappa shape index (κ1) is 17.7. The van der Waals surface area contributed by atoms with E-state index in [1.54, 1.807) is 42.5 Å². The van der Waals surface area contributed by atoms with Crippen LogP contribution in [-0.2, 0) is 6.61 Å². The fourth-order valence-electron chi connectivity index (χ4n) is 2.79. The number of carbonyl (C=O) groups excluding carboxylic acids is 1. The SMILES string of the molecule is Cc1nc2ccccc2nc1COc1ccccc1OC(=O)c1ccccc1. The predicted molar refractivity (Wildman–Crippen MR) is 106 cm³/mol. The maximum Gasteiger partial charge on any atom is 0.343 e. The second-order valence-electron chi connectivity index (χ2n) is 6.24. The van der Waals surface area contributed by atoms with Crippen LogP contribution in [0.15, 0.2) is 78.9 Å². The van der Waals surface area contributed by atoms with E-state index in [-0.39, 0.29) is 6.61 Å². The number of benzene rings is 3. The fourth-order valence-corrected chi connectivity index (χ4v) is 2.79. The van der Waals surface area contributed by atoms with E-state index in [9.17, 15) is 4.79 Å². The smallest absolute Gasteiger partial charge is 0.343 e. The van der Waals surface area contributed by atoms with Gasteiger partial charge in [0.2, 0.25) is 0 Å².